The maximum Gasteiger partial charge on any atom is 0.320 e. The highest BCUT2D eigenvalue weighted by atomic mass is 79.9. The Morgan fingerprint density at radius 3 is 0.954 bits per heavy atom. The molecule has 4 aliphatic heterocycles. The number of halogens is 1. The Kier molecular flexibility index (Phi) is 60.3. The Labute approximate surface area is 787 Å². The Balaban J connectivity index is 0.000000562. The highest BCUT2D eigenvalue weighted by Crippen LogP contribution is 2.20. The molecule has 4 fully saturated rings. The minimum atomic E-state index is -3.74. The molecule has 4 atom stereocenters. The van der Waals surface area contributed by atoms with Crippen molar-refractivity contribution in [3.63, 3.8) is 0 Å². The zero-order valence-electron chi connectivity index (χ0n) is 81.0. The van der Waals surface area contributed by atoms with Gasteiger partial charge < -0.3 is 49.5 Å². The highest BCUT2D eigenvalue weighted by Gasteiger charge is 2.32. The summed E-state index contributed by atoms with van der Waals surface area (Å²) in [6.45, 7) is 42.3. The summed E-state index contributed by atoms with van der Waals surface area (Å²) < 4.78 is 58.2. The third kappa shape index (κ3) is 63.0. The summed E-state index contributed by atoms with van der Waals surface area (Å²) in [7, 11) is -3.74. The van der Waals surface area contributed by atoms with Crippen LogP contribution in [0.3, 0.4) is 0 Å². The van der Waals surface area contributed by atoms with Crippen LogP contribution in [0.15, 0.2) is 91.0 Å². The summed E-state index contributed by atoms with van der Waals surface area (Å²) in [5, 5.41) is 19.4. The standard InChI is InChI=1S/C28H43N3O6.C21H37N3O6.C20H30N2O3.C14H18O6S.C7H16N2.C6H11BrO2/c1-22(32)19-29-13-14-30(20-27(35)37-28(3,4)5)16-18-31(17-15-29)25(23(2)33)11-12-26(34)36-21-24-9-7-6-8-10-24;1-16(25)14-22-8-9-23(15-20(29)30-21(3,4)5)11-13-24(12-10-22)18(17(2)26)6-7-19(27)28;1-17(23)19(22-14-7-3-6-12-21-13-15-22)10-11-20(24)25-16-18-8-4-2-5-9-18;1-11(15)13(20-21(2,17)18)8-9-14(16)19-10-12-6-4-3-5-7-12;1-2-4-8-6-7-9-5-3-1;1-6(2,3)9-5(8)4-7/h6-10,25H,11-21H2,1-5H3;18H,6-15H2,1-5H3,(H,27,28);2,4-5,8-9,19,21H,3,6-7,10-16H2,1H3;3-7,13H,8-10H2,1-2H3;8-9H,1-7H2;4H2,1-3H3/t;;;13-;;/m...0../s1. The van der Waals surface area contributed by atoms with E-state index in [9.17, 15) is 70.7 Å². The maximum atomic E-state index is 12.6. The molecule has 0 amide bonds. The number of esters is 6. The number of nitrogens with zero attached hydrogens (tertiary/aromatic N) is 7. The monoisotopic (exact) mass is 1930 g/mol. The number of benzene rings is 3. The number of Topliss-reactive ketones (excluding diaryl/α,β-unsaturated/α-hetero) is 6. The van der Waals surface area contributed by atoms with E-state index in [0.29, 0.717) is 104 Å². The molecule has 0 bridgehead atoms. The predicted molar refractivity (Wildman–Crippen MR) is 507 cm³/mol. The van der Waals surface area contributed by atoms with E-state index in [1.807, 2.05) is 178 Å². The van der Waals surface area contributed by atoms with Crippen molar-refractivity contribution in [2.24, 2.45) is 0 Å². The lowest BCUT2D eigenvalue weighted by atomic mass is 10.0. The number of rotatable bonds is 36. The van der Waals surface area contributed by atoms with Crippen molar-refractivity contribution < 1.29 is 108 Å². The minimum absolute atomic E-state index is 0.0214. The number of hydrogen-bond donors (Lipinski definition) is 4. The molecule has 131 heavy (non-hydrogen) atoms. The summed E-state index contributed by atoms with van der Waals surface area (Å²) in [5.74, 6) is -3.17. The quantitative estimate of drug-likeness (QED) is 0.0182. The van der Waals surface area contributed by atoms with Crippen LogP contribution in [-0.2, 0) is 125 Å². The lowest BCUT2D eigenvalue weighted by Crippen LogP contribution is -2.47. The number of hydrogen-bond acceptors (Lipinski definition) is 32. The second-order valence-corrected chi connectivity index (χ2v) is 38.3. The van der Waals surface area contributed by atoms with Crippen molar-refractivity contribution in [1.82, 2.24) is 50.2 Å². The molecule has 3 unspecified atom stereocenters. The van der Waals surface area contributed by atoms with Crippen LogP contribution in [0.1, 0.15) is 210 Å². The third-order valence-electron chi connectivity index (χ3n) is 20.5. The molecular formula is C96H155BrN10O23S. The fourth-order valence-electron chi connectivity index (χ4n) is 14.2. The Morgan fingerprint density at radius 1 is 0.359 bits per heavy atom. The van der Waals surface area contributed by atoms with Crippen molar-refractivity contribution in [2.45, 2.75) is 255 Å². The van der Waals surface area contributed by atoms with Crippen LogP contribution in [0.5, 0.6) is 0 Å². The second kappa shape index (κ2) is 66.4. The molecule has 4 aliphatic rings. The van der Waals surface area contributed by atoms with E-state index in [1.165, 1.54) is 66.0 Å². The highest BCUT2D eigenvalue weighted by molar-refractivity contribution is 9.09. The fourth-order valence-corrected chi connectivity index (χ4v) is 15.0. The first kappa shape index (κ1) is 119. The van der Waals surface area contributed by atoms with Gasteiger partial charge in [0.2, 0.25) is 0 Å². The molecule has 3 aromatic rings. The Hall–Kier alpha value is -8.04. The van der Waals surface area contributed by atoms with E-state index in [2.05, 4.69) is 45.9 Å². The van der Waals surface area contributed by atoms with Gasteiger partial charge in [-0.15, -0.1) is 0 Å². The van der Waals surface area contributed by atoms with E-state index in [1.54, 1.807) is 20.8 Å². The average Bonchev–Trinajstić information content (AvgIpc) is 1.84. The van der Waals surface area contributed by atoms with Crippen molar-refractivity contribution in [3.05, 3.63) is 108 Å². The van der Waals surface area contributed by atoms with E-state index in [4.69, 9.17) is 33.5 Å². The number of alkyl halides is 1. The smallest absolute Gasteiger partial charge is 0.320 e. The molecule has 740 valence electrons. The summed E-state index contributed by atoms with van der Waals surface area (Å²) in [4.78, 5) is 168. The van der Waals surface area contributed by atoms with Crippen molar-refractivity contribution in [3.8, 4) is 0 Å². The summed E-state index contributed by atoms with van der Waals surface area (Å²) >= 11 is 2.99. The molecule has 0 spiro atoms. The molecule has 35 heteroatoms. The molecule has 3 aromatic carbocycles. The van der Waals surface area contributed by atoms with Crippen molar-refractivity contribution >= 4 is 103 Å². The van der Waals surface area contributed by atoms with Gasteiger partial charge in [0.05, 0.1) is 50.6 Å². The van der Waals surface area contributed by atoms with Crippen molar-refractivity contribution in [1.29, 1.82) is 0 Å². The van der Waals surface area contributed by atoms with Gasteiger partial charge in [0.15, 0.2) is 5.78 Å². The lowest BCUT2D eigenvalue weighted by Gasteiger charge is -2.31. The molecule has 0 aromatic heterocycles. The van der Waals surface area contributed by atoms with Crippen LogP contribution in [-0.4, -0.2) is 334 Å². The first-order chi connectivity index (χ1) is 61.7. The van der Waals surface area contributed by atoms with Gasteiger partial charge in [-0.1, -0.05) is 120 Å². The fraction of sp³-hybridized carbons (Fsp3) is 0.677. The number of ketones is 6. The van der Waals surface area contributed by atoms with E-state index >= 15 is 0 Å². The molecule has 7 rings (SSSR count). The van der Waals surface area contributed by atoms with Gasteiger partial charge >= 0.3 is 41.8 Å². The van der Waals surface area contributed by atoms with E-state index < -0.39 is 57.2 Å². The van der Waals surface area contributed by atoms with Crippen LogP contribution in [0, 0.1) is 0 Å². The first-order valence-corrected chi connectivity index (χ1v) is 48.8. The third-order valence-corrected chi connectivity index (χ3v) is 21.5. The summed E-state index contributed by atoms with van der Waals surface area (Å²) in [6, 6.07) is 27.1. The molecule has 33 nitrogen and oxygen atoms in total. The van der Waals surface area contributed by atoms with Gasteiger partial charge in [0, 0.05) is 130 Å². The second-order valence-electron chi connectivity index (χ2n) is 36.1. The lowest BCUT2D eigenvalue weighted by molar-refractivity contribution is -0.157. The van der Waals surface area contributed by atoms with Crippen LogP contribution in [0.25, 0.3) is 0 Å². The van der Waals surface area contributed by atoms with Crippen LogP contribution in [0.4, 0.5) is 0 Å². The van der Waals surface area contributed by atoms with Gasteiger partial charge in [-0.3, -0.25) is 101 Å². The zero-order valence-corrected chi connectivity index (χ0v) is 83.4. The van der Waals surface area contributed by atoms with Gasteiger partial charge in [0.25, 0.3) is 10.1 Å². The minimum Gasteiger partial charge on any atom is -0.481 e. The summed E-state index contributed by atoms with van der Waals surface area (Å²) in [6.07, 6.45) is 8.56. The number of carboxylic acid groups (broad SMARTS) is 1. The van der Waals surface area contributed by atoms with Gasteiger partial charge in [-0.2, -0.15) is 8.42 Å². The normalized spacial score (nSPS) is 17.0. The van der Waals surface area contributed by atoms with Crippen molar-refractivity contribution in [2.75, 3.05) is 169 Å². The number of ether oxygens (including phenoxy) is 6. The average molecular weight is 1930 g/mol. The van der Waals surface area contributed by atoms with Crippen LogP contribution >= 0.6 is 15.9 Å². The SMILES string of the molecule is C1CCNCCNCC1.CC(=O)C(CCC(=O)OCc1ccccc1)N1CCCCCNCC1.CC(=O)CN1CCN(CC(=O)OC(C)(C)C)CCN(C(CCC(=O)O)C(C)=O)CC1.CC(=O)CN1CCN(CC(=O)OC(C)(C)C)CCN(C(CCC(=O)OCc2ccccc2)C(C)=O)CC1.CC(=O)[C@H](CCC(=O)OCc1ccccc1)OS(C)(=O)=O.CC(C)(C)OC(=O)CBr. The Morgan fingerprint density at radius 2 is 0.656 bits per heavy atom. The largest absolute Gasteiger partial charge is 0.481 e. The van der Waals surface area contributed by atoms with Gasteiger partial charge in [-0.05, 0) is 198 Å². The number of nitrogens with one attached hydrogen (secondary N) is 3. The number of carboxylic acids is 1. The molecule has 4 N–H and O–H groups in total. The topological polar surface area (TPSA) is 400 Å². The predicted octanol–water partition coefficient (Wildman–Crippen LogP) is 9.04. The van der Waals surface area contributed by atoms with Gasteiger partial charge in [0.1, 0.15) is 77.0 Å². The Bertz CT molecular complexity index is 3950. The molecule has 4 saturated heterocycles. The molecular weight excluding hydrogens is 1770 g/mol. The summed E-state index contributed by atoms with van der Waals surface area (Å²) in [5.41, 5.74) is 1.24. The van der Waals surface area contributed by atoms with Crippen LogP contribution < -0.4 is 16.0 Å². The maximum absolute atomic E-state index is 12.6. The number of carbonyl (C=O) groups excluding carboxylic acids is 12. The van der Waals surface area contributed by atoms with E-state index in [-0.39, 0.29) is 147 Å². The van der Waals surface area contributed by atoms with E-state index in [0.717, 1.165) is 68.6 Å². The number of carbonyl (C=O) groups is 13. The van der Waals surface area contributed by atoms with Gasteiger partial charge in [-0.25, -0.2) is 0 Å². The zero-order chi connectivity index (χ0) is 98.0. The van der Waals surface area contributed by atoms with Crippen LogP contribution in [0.2, 0.25) is 0 Å². The molecule has 0 saturated carbocycles. The molecule has 4 heterocycles. The molecule has 0 radical (unpaired) electrons. The number of aliphatic carboxylic acids is 1. The first-order valence-electron chi connectivity index (χ1n) is 45.8. The molecule has 0 aliphatic carbocycles.